The van der Waals surface area contributed by atoms with Crippen LogP contribution in [0.4, 0.5) is 0 Å². The van der Waals surface area contributed by atoms with Crippen LogP contribution < -0.4 is 5.32 Å². The standard InChI is InChI=1S/C17H27N3O3/c1-16(2)8-13(17(3,4)23-16)18-15(21)12-9-20(5)19-14(12)11-6-7-22-10-11/h9,11,13H,6-8,10H2,1-5H3,(H,18,21). The fourth-order valence-electron chi connectivity index (χ4n) is 3.76. The lowest BCUT2D eigenvalue weighted by molar-refractivity contribution is -0.0693. The molecule has 2 unspecified atom stereocenters. The van der Waals surface area contributed by atoms with Gasteiger partial charge in [0.15, 0.2) is 0 Å². The molecule has 2 fully saturated rings. The van der Waals surface area contributed by atoms with Gasteiger partial charge in [0.2, 0.25) is 0 Å². The fourth-order valence-corrected chi connectivity index (χ4v) is 3.76. The molecule has 128 valence electrons. The average Bonchev–Trinajstić information content (AvgIpc) is 3.07. The largest absolute Gasteiger partial charge is 0.381 e. The fraction of sp³-hybridized carbons (Fsp3) is 0.765. The van der Waals surface area contributed by atoms with Gasteiger partial charge < -0.3 is 14.8 Å². The Hall–Kier alpha value is -1.40. The van der Waals surface area contributed by atoms with Gasteiger partial charge in [-0.05, 0) is 40.5 Å². The van der Waals surface area contributed by atoms with Crippen LogP contribution in [-0.4, -0.2) is 46.1 Å². The molecule has 0 bridgehead atoms. The van der Waals surface area contributed by atoms with Crippen molar-refractivity contribution in [3.63, 3.8) is 0 Å². The summed E-state index contributed by atoms with van der Waals surface area (Å²) in [5.41, 5.74) is 0.901. The number of hydrogen-bond acceptors (Lipinski definition) is 4. The van der Waals surface area contributed by atoms with Crippen LogP contribution in [0, 0.1) is 0 Å². The molecule has 2 aliphatic rings. The molecule has 2 atom stereocenters. The molecule has 2 saturated heterocycles. The Morgan fingerprint density at radius 1 is 1.39 bits per heavy atom. The molecule has 6 heteroatoms. The summed E-state index contributed by atoms with van der Waals surface area (Å²) in [6.07, 6.45) is 3.52. The molecule has 6 nitrogen and oxygen atoms in total. The van der Waals surface area contributed by atoms with Crippen LogP contribution >= 0.6 is 0 Å². The van der Waals surface area contributed by atoms with Gasteiger partial charge in [-0.3, -0.25) is 9.48 Å². The van der Waals surface area contributed by atoms with E-state index in [1.54, 1.807) is 10.9 Å². The van der Waals surface area contributed by atoms with E-state index < -0.39 is 0 Å². The Morgan fingerprint density at radius 2 is 2.13 bits per heavy atom. The van der Waals surface area contributed by atoms with Crippen molar-refractivity contribution < 1.29 is 14.3 Å². The van der Waals surface area contributed by atoms with Crippen LogP contribution in [0.2, 0.25) is 0 Å². The van der Waals surface area contributed by atoms with E-state index in [0.29, 0.717) is 12.2 Å². The maximum absolute atomic E-state index is 12.8. The van der Waals surface area contributed by atoms with E-state index in [1.807, 2.05) is 20.9 Å². The molecule has 3 heterocycles. The SMILES string of the molecule is Cn1cc(C(=O)NC2CC(C)(C)OC2(C)C)c(C2CCOC2)n1. The molecule has 1 amide bonds. The normalized spacial score (nSPS) is 28.9. The monoisotopic (exact) mass is 321 g/mol. The number of carbonyl (C=O) groups excluding carboxylic acids is 1. The van der Waals surface area contributed by atoms with Crippen molar-refractivity contribution in [3.05, 3.63) is 17.5 Å². The van der Waals surface area contributed by atoms with Crippen LogP contribution in [0.1, 0.15) is 62.5 Å². The summed E-state index contributed by atoms with van der Waals surface area (Å²) in [6, 6.07) is -0.0158. The van der Waals surface area contributed by atoms with Gasteiger partial charge in [0.25, 0.3) is 5.91 Å². The van der Waals surface area contributed by atoms with Crippen LogP contribution in [0.15, 0.2) is 6.20 Å². The summed E-state index contributed by atoms with van der Waals surface area (Å²) in [4.78, 5) is 12.8. The first-order valence-electron chi connectivity index (χ1n) is 8.30. The maximum atomic E-state index is 12.8. The van der Waals surface area contributed by atoms with Crippen LogP contribution in [0.3, 0.4) is 0 Å². The number of hydrogen-bond donors (Lipinski definition) is 1. The molecular formula is C17H27N3O3. The van der Waals surface area contributed by atoms with Crippen molar-refractivity contribution >= 4 is 5.91 Å². The van der Waals surface area contributed by atoms with Gasteiger partial charge in [-0.15, -0.1) is 0 Å². The van der Waals surface area contributed by atoms with Gasteiger partial charge >= 0.3 is 0 Å². The van der Waals surface area contributed by atoms with E-state index in [4.69, 9.17) is 9.47 Å². The third-order valence-electron chi connectivity index (χ3n) is 4.80. The minimum absolute atomic E-state index is 0.0158. The molecule has 0 aliphatic carbocycles. The molecule has 2 aliphatic heterocycles. The number of carbonyl (C=O) groups is 1. The summed E-state index contributed by atoms with van der Waals surface area (Å²) in [5, 5.41) is 7.66. The van der Waals surface area contributed by atoms with Crippen LogP contribution in [-0.2, 0) is 16.5 Å². The zero-order valence-corrected chi connectivity index (χ0v) is 14.7. The molecule has 23 heavy (non-hydrogen) atoms. The second kappa shape index (κ2) is 5.60. The molecule has 0 radical (unpaired) electrons. The van der Waals surface area contributed by atoms with Crippen molar-refractivity contribution in [2.75, 3.05) is 13.2 Å². The highest BCUT2D eigenvalue weighted by molar-refractivity contribution is 5.95. The summed E-state index contributed by atoms with van der Waals surface area (Å²) < 4.78 is 13.2. The summed E-state index contributed by atoms with van der Waals surface area (Å²) in [7, 11) is 1.85. The van der Waals surface area contributed by atoms with Crippen molar-refractivity contribution in [1.82, 2.24) is 15.1 Å². The number of nitrogens with zero attached hydrogens (tertiary/aromatic N) is 2. The van der Waals surface area contributed by atoms with E-state index in [1.165, 1.54) is 0 Å². The van der Waals surface area contributed by atoms with Gasteiger partial charge in [0.1, 0.15) is 0 Å². The number of rotatable bonds is 3. The highest BCUT2D eigenvalue weighted by atomic mass is 16.5. The molecule has 0 spiro atoms. The second-order valence-electron chi connectivity index (χ2n) is 7.86. The summed E-state index contributed by atoms with van der Waals surface area (Å²) >= 11 is 0. The number of nitrogens with one attached hydrogen (secondary N) is 1. The van der Waals surface area contributed by atoms with E-state index in [0.717, 1.165) is 25.1 Å². The third-order valence-corrected chi connectivity index (χ3v) is 4.80. The van der Waals surface area contributed by atoms with E-state index in [-0.39, 0.29) is 29.1 Å². The molecule has 1 aromatic heterocycles. The molecular weight excluding hydrogens is 294 g/mol. The van der Waals surface area contributed by atoms with Crippen molar-refractivity contribution in [3.8, 4) is 0 Å². The minimum Gasteiger partial charge on any atom is -0.381 e. The Kier molecular flexibility index (Phi) is 4.01. The van der Waals surface area contributed by atoms with Gasteiger partial charge in [-0.1, -0.05) is 0 Å². The highest BCUT2D eigenvalue weighted by Crippen LogP contribution is 2.37. The van der Waals surface area contributed by atoms with Gasteiger partial charge in [0, 0.05) is 25.8 Å². The molecule has 0 saturated carbocycles. The molecule has 1 aromatic rings. The van der Waals surface area contributed by atoms with E-state index in [2.05, 4.69) is 24.3 Å². The molecule has 1 N–H and O–H groups in total. The number of aromatic nitrogens is 2. The molecule has 0 aromatic carbocycles. The van der Waals surface area contributed by atoms with Gasteiger partial charge in [-0.2, -0.15) is 5.10 Å². The predicted octanol–water partition coefficient (Wildman–Crippen LogP) is 2.00. The van der Waals surface area contributed by atoms with Crippen molar-refractivity contribution in [2.24, 2.45) is 7.05 Å². The van der Waals surface area contributed by atoms with E-state index >= 15 is 0 Å². The lowest BCUT2D eigenvalue weighted by atomic mass is 9.93. The average molecular weight is 321 g/mol. The topological polar surface area (TPSA) is 65.4 Å². The number of aryl methyl sites for hydroxylation is 1. The smallest absolute Gasteiger partial charge is 0.255 e. The quantitative estimate of drug-likeness (QED) is 0.925. The minimum atomic E-state index is -0.377. The first kappa shape index (κ1) is 16.5. The van der Waals surface area contributed by atoms with Gasteiger partial charge in [-0.25, -0.2) is 0 Å². The lowest BCUT2D eigenvalue weighted by Gasteiger charge is -2.27. The number of amides is 1. The van der Waals surface area contributed by atoms with Crippen LogP contribution in [0.25, 0.3) is 0 Å². The lowest BCUT2D eigenvalue weighted by Crippen LogP contribution is -2.46. The third kappa shape index (κ3) is 3.28. The number of ether oxygens (including phenoxy) is 2. The summed E-state index contributed by atoms with van der Waals surface area (Å²) in [6.45, 7) is 9.56. The first-order chi connectivity index (χ1) is 10.7. The van der Waals surface area contributed by atoms with Crippen LogP contribution in [0.5, 0.6) is 0 Å². The van der Waals surface area contributed by atoms with Crippen molar-refractivity contribution in [1.29, 1.82) is 0 Å². The Bertz CT molecular complexity index is 600. The summed E-state index contributed by atoms with van der Waals surface area (Å²) in [5.74, 6) is 0.139. The van der Waals surface area contributed by atoms with E-state index in [9.17, 15) is 4.79 Å². The highest BCUT2D eigenvalue weighted by Gasteiger charge is 2.46. The van der Waals surface area contributed by atoms with Gasteiger partial charge in [0.05, 0.1) is 35.1 Å². The zero-order valence-electron chi connectivity index (χ0n) is 14.7. The molecule has 3 rings (SSSR count). The Balaban J connectivity index is 1.79. The first-order valence-corrected chi connectivity index (χ1v) is 8.30. The maximum Gasteiger partial charge on any atom is 0.255 e. The van der Waals surface area contributed by atoms with Crippen molar-refractivity contribution in [2.45, 2.75) is 63.7 Å². The second-order valence-corrected chi connectivity index (χ2v) is 7.86. The Morgan fingerprint density at radius 3 is 2.70 bits per heavy atom. The zero-order chi connectivity index (χ0) is 16.8. The predicted molar refractivity (Wildman–Crippen MR) is 86.5 cm³/mol. The Labute approximate surface area is 137 Å².